The smallest absolute Gasteiger partial charge is 0.106 e. The summed E-state index contributed by atoms with van der Waals surface area (Å²) in [4.78, 5) is 3.70. The van der Waals surface area contributed by atoms with Gasteiger partial charge in [-0.05, 0) is 13.3 Å². The molecule has 2 heteroatoms. The van der Waals surface area contributed by atoms with E-state index in [4.69, 9.17) is 5.41 Å². The van der Waals surface area contributed by atoms with Crippen molar-refractivity contribution in [2.45, 2.75) is 20.3 Å². The largest absolute Gasteiger partial charge is 0.290 e. The van der Waals surface area contributed by atoms with Gasteiger partial charge >= 0.3 is 0 Å². The number of hydrogen-bond donors (Lipinski definition) is 1. The van der Waals surface area contributed by atoms with Gasteiger partial charge < -0.3 is 0 Å². The molecule has 40 valence electrons. The molecule has 0 aromatic rings. The SMILES string of the molecule is CCC(C)=NC=N. The molecule has 0 aliphatic rings. The van der Waals surface area contributed by atoms with E-state index >= 15 is 0 Å². The van der Waals surface area contributed by atoms with Crippen molar-refractivity contribution in [3.8, 4) is 0 Å². The third-order valence-electron chi connectivity index (χ3n) is 0.797. The third-order valence-corrected chi connectivity index (χ3v) is 0.797. The van der Waals surface area contributed by atoms with Crippen molar-refractivity contribution < 1.29 is 0 Å². The quantitative estimate of drug-likeness (QED) is 0.401. The van der Waals surface area contributed by atoms with E-state index < -0.39 is 0 Å². The molecule has 2 nitrogen and oxygen atoms in total. The first-order chi connectivity index (χ1) is 3.31. The van der Waals surface area contributed by atoms with Crippen LogP contribution in [0.15, 0.2) is 4.99 Å². The molecular formula is C5H10N2. The second kappa shape index (κ2) is 3.53. The average Bonchev–Trinajstić information content (AvgIpc) is 1.68. The molecule has 0 aliphatic heterocycles. The Morgan fingerprint density at radius 3 is 2.57 bits per heavy atom. The highest BCUT2D eigenvalue weighted by Crippen LogP contribution is 1.79. The van der Waals surface area contributed by atoms with E-state index in [1.54, 1.807) is 0 Å². The Kier molecular flexibility index (Phi) is 3.19. The molecule has 0 aliphatic carbocycles. The van der Waals surface area contributed by atoms with E-state index in [-0.39, 0.29) is 0 Å². The molecule has 0 saturated heterocycles. The lowest BCUT2D eigenvalue weighted by Gasteiger charge is -1.84. The van der Waals surface area contributed by atoms with Gasteiger partial charge in [-0.15, -0.1) is 0 Å². The van der Waals surface area contributed by atoms with Crippen molar-refractivity contribution in [1.82, 2.24) is 0 Å². The Morgan fingerprint density at radius 1 is 1.86 bits per heavy atom. The molecule has 0 unspecified atom stereocenters. The van der Waals surface area contributed by atoms with E-state index in [0.29, 0.717) is 0 Å². The normalized spacial score (nSPS) is 11.4. The second-order valence-corrected chi connectivity index (χ2v) is 1.35. The van der Waals surface area contributed by atoms with Crippen LogP contribution in [0.1, 0.15) is 20.3 Å². The summed E-state index contributed by atoms with van der Waals surface area (Å²) in [5, 5.41) is 6.52. The summed E-state index contributed by atoms with van der Waals surface area (Å²) >= 11 is 0. The van der Waals surface area contributed by atoms with Crippen molar-refractivity contribution in [1.29, 1.82) is 5.41 Å². The van der Waals surface area contributed by atoms with Gasteiger partial charge in [0.2, 0.25) is 0 Å². The van der Waals surface area contributed by atoms with E-state index in [0.717, 1.165) is 18.5 Å². The topological polar surface area (TPSA) is 36.2 Å². The van der Waals surface area contributed by atoms with E-state index in [1.807, 2.05) is 13.8 Å². The standard InChI is InChI=1S/C5H10N2/c1-3-5(2)7-4-6/h4,6H,3H2,1-2H3. The number of aliphatic imine (C=N–C) groups is 1. The zero-order valence-electron chi connectivity index (χ0n) is 4.73. The van der Waals surface area contributed by atoms with E-state index in [1.165, 1.54) is 0 Å². The van der Waals surface area contributed by atoms with Crippen molar-refractivity contribution in [2.24, 2.45) is 4.99 Å². The van der Waals surface area contributed by atoms with Crippen LogP contribution in [-0.2, 0) is 0 Å². The Balaban J connectivity index is 3.49. The molecule has 0 rings (SSSR count). The molecule has 0 fully saturated rings. The summed E-state index contributed by atoms with van der Waals surface area (Å²) in [6.07, 6.45) is 2.01. The number of nitrogens with zero attached hydrogens (tertiary/aromatic N) is 1. The molecule has 0 bridgehead atoms. The minimum atomic E-state index is 0.940. The molecule has 1 N–H and O–H groups in total. The van der Waals surface area contributed by atoms with Gasteiger partial charge in [-0.3, -0.25) is 5.41 Å². The lowest BCUT2D eigenvalue weighted by molar-refractivity contribution is 1.26. The molecule has 0 aromatic carbocycles. The summed E-state index contributed by atoms with van der Waals surface area (Å²) in [5.74, 6) is 0. The van der Waals surface area contributed by atoms with Gasteiger partial charge in [0, 0.05) is 5.71 Å². The molecular weight excluding hydrogens is 88.1 g/mol. The zero-order valence-corrected chi connectivity index (χ0v) is 4.73. The molecule has 0 radical (unpaired) electrons. The van der Waals surface area contributed by atoms with Gasteiger partial charge in [0.1, 0.15) is 6.34 Å². The fourth-order valence-electron chi connectivity index (χ4n) is 0.201. The zero-order chi connectivity index (χ0) is 5.70. The first-order valence-corrected chi connectivity index (χ1v) is 2.33. The molecule has 0 atom stereocenters. The van der Waals surface area contributed by atoms with E-state index in [2.05, 4.69) is 4.99 Å². The maximum absolute atomic E-state index is 6.52. The number of rotatable bonds is 2. The number of nitrogens with one attached hydrogen (secondary N) is 1. The van der Waals surface area contributed by atoms with Crippen molar-refractivity contribution in [2.75, 3.05) is 0 Å². The van der Waals surface area contributed by atoms with Gasteiger partial charge in [-0.25, -0.2) is 4.99 Å². The Hall–Kier alpha value is -0.660. The van der Waals surface area contributed by atoms with Gasteiger partial charge in [-0.2, -0.15) is 0 Å². The van der Waals surface area contributed by atoms with Gasteiger partial charge in [0.05, 0.1) is 0 Å². The van der Waals surface area contributed by atoms with Crippen molar-refractivity contribution in [3.63, 3.8) is 0 Å². The monoisotopic (exact) mass is 98.1 g/mol. The van der Waals surface area contributed by atoms with Gasteiger partial charge in [0.15, 0.2) is 0 Å². The summed E-state index contributed by atoms with van der Waals surface area (Å²) in [5.41, 5.74) is 1.01. The highest BCUT2D eigenvalue weighted by Gasteiger charge is 1.77. The van der Waals surface area contributed by atoms with Crippen LogP contribution in [0, 0.1) is 5.41 Å². The first kappa shape index (κ1) is 6.34. The van der Waals surface area contributed by atoms with Crippen LogP contribution < -0.4 is 0 Å². The molecule has 0 aromatic heterocycles. The number of hydrogen-bond acceptors (Lipinski definition) is 1. The molecule has 0 heterocycles. The van der Waals surface area contributed by atoms with Crippen LogP contribution in [0.2, 0.25) is 0 Å². The Morgan fingerprint density at radius 2 is 2.43 bits per heavy atom. The Bertz CT molecular complexity index is 84.1. The lowest BCUT2D eigenvalue weighted by atomic mass is 10.3. The fraction of sp³-hybridized carbons (Fsp3) is 0.600. The maximum Gasteiger partial charge on any atom is 0.106 e. The minimum Gasteiger partial charge on any atom is -0.290 e. The fourth-order valence-corrected chi connectivity index (χ4v) is 0.201. The van der Waals surface area contributed by atoms with Crippen LogP contribution in [0.5, 0.6) is 0 Å². The van der Waals surface area contributed by atoms with Crippen LogP contribution in [-0.4, -0.2) is 12.1 Å². The van der Waals surface area contributed by atoms with Crippen molar-refractivity contribution >= 4 is 12.1 Å². The van der Waals surface area contributed by atoms with Crippen LogP contribution in [0.3, 0.4) is 0 Å². The van der Waals surface area contributed by atoms with Crippen LogP contribution in [0.4, 0.5) is 0 Å². The third kappa shape index (κ3) is 3.16. The van der Waals surface area contributed by atoms with Crippen LogP contribution >= 0.6 is 0 Å². The lowest BCUT2D eigenvalue weighted by Crippen LogP contribution is -1.85. The minimum absolute atomic E-state index is 0.940. The summed E-state index contributed by atoms with van der Waals surface area (Å²) < 4.78 is 0. The summed E-state index contributed by atoms with van der Waals surface area (Å²) in [6, 6.07) is 0. The van der Waals surface area contributed by atoms with Gasteiger partial charge in [-0.1, -0.05) is 6.92 Å². The van der Waals surface area contributed by atoms with Crippen LogP contribution in [0.25, 0.3) is 0 Å². The predicted molar refractivity (Wildman–Crippen MR) is 32.2 cm³/mol. The highest BCUT2D eigenvalue weighted by atomic mass is 14.8. The molecule has 0 saturated carbocycles. The molecule has 7 heavy (non-hydrogen) atoms. The van der Waals surface area contributed by atoms with Crippen molar-refractivity contribution in [3.05, 3.63) is 0 Å². The van der Waals surface area contributed by atoms with Gasteiger partial charge in [0.25, 0.3) is 0 Å². The second-order valence-electron chi connectivity index (χ2n) is 1.35. The Labute approximate surface area is 43.8 Å². The predicted octanol–water partition coefficient (Wildman–Crippen LogP) is 1.46. The first-order valence-electron chi connectivity index (χ1n) is 2.33. The molecule has 0 spiro atoms. The van der Waals surface area contributed by atoms with E-state index in [9.17, 15) is 0 Å². The average molecular weight is 98.1 g/mol. The highest BCUT2D eigenvalue weighted by molar-refractivity contribution is 5.87. The molecule has 0 amide bonds. The maximum atomic E-state index is 6.52. The summed E-state index contributed by atoms with van der Waals surface area (Å²) in [6.45, 7) is 3.92. The summed E-state index contributed by atoms with van der Waals surface area (Å²) in [7, 11) is 0.